The highest BCUT2D eigenvalue weighted by Crippen LogP contribution is 2.32. The van der Waals surface area contributed by atoms with E-state index < -0.39 is 25.7 Å². The lowest BCUT2D eigenvalue weighted by atomic mass is 10.2. The zero-order valence-corrected chi connectivity index (χ0v) is 18.7. The van der Waals surface area contributed by atoms with E-state index in [9.17, 15) is 23.3 Å². The summed E-state index contributed by atoms with van der Waals surface area (Å²) < 4.78 is 33.1. The number of hydrogen-bond acceptors (Lipinski definition) is 6. The van der Waals surface area contributed by atoms with Crippen molar-refractivity contribution in [3.63, 3.8) is 0 Å². The van der Waals surface area contributed by atoms with Gasteiger partial charge in [-0.3, -0.25) is 19.6 Å². The Morgan fingerprint density at radius 2 is 1.69 bits per heavy atom. The minimum Gasteiger partial charge on any atom is -0.497 e. The Morgan fingerprint density at radius 3 is 2.31 bits per heavy atom. The molecule has 3 aromatic rings. The molecule has 32 heavy (non-hydrogen) atoms. The second-order valence-corrected chi connectivity index (χ2v) is 8.79. The van der Waals surface area contributed by atoms with Crippen LogP contribution in [0.3, 0.4) is 0 Å². The minimum absolute atomic E-state index is 0.0747. The van der Waals surface area contributed by atoms with Gasteiger partial charge in [-0.25, -0.2) is 8.42 Å². The zero-order valence-electron chi connectivity index (χ0n) is 16.3. The van der Waals surface area contributed by atoms with Crippen molar-refractivity contribution in [1.82, 2.24) is 0 Å². The van der Waals surface area contributed by atoms with Crippen molar-refractivity contribution in [2.75, 3.05) is 17.1 Å². The summed E-state index contributed by atoms with van der Waals surface area (Å²) in [6.07, 6.45) is 0. The molecule has 0 bridgehead atoms. The molecule has 166 valence electrons. The second-order valence-electron chi connectivity index (χ2n) is 6.32. The first-order valence-corrected chi connectivity index (χ1v) is 11.1. The van der Waals surface area contributed by atoms with Gasteiger partial charge < -0.3 is 10.1 Å². The van der Waals surface area contributed by atoms with Crippen LogP contribution in [0.15, 0.2) is 65.6 Å². The van der Waals surface area contributed by atoms with Gasteiger partial charge in [0.15, 0.2) is 0 Å². The number of amides is 1. The monoisotopic (exact) mass is 495 g/mol. The van der Waals surface area contributed by atoms with Crippen molar-refractivity contribution in [2.24, 2.45) is 0 Å². The third kappa shape index (κ3) is 5.10. The molecule has 0 aliphatic carbocycles. The fraction of sp³-hybridized carbons (Fsp3) is 0.0500. The van der Waals surface area contributed by atoms with Crippen LogP contribution in [-0.2, 0) is 10.0 Å². The van der Waals surface area contributed by atoms with Crippen LogP contribution < -0.4 is 14.8 Å². The minimum atomic E-state index is -4.20. The fourth-order valence-electron chi connectivity index (χ4n) is 2.71. The number of ether oxygens (including phenoxy) is 1. The second kappa shape index (κ2) is 9.43. The Labute approximate surface area is 193 Å². The largest absolute Gasteiger partial charge is 0.497 e. The summed E-state index contributed by atoms with van der Waals surface area (Å²) in [5.74, 6) is -0.312. The summed E-state index contributed by atoms with van der Waals surface area (Å²) in [6, 6.07) is 13.7. The standard InChI is InChI=1S/C20H15Cl2N3O6S/c1-31-13-8-6-12(7-9-13)24-32(29,30)19-10-14(15(21)11-16(19)22)20(26)23-17-4-2-3-5-18(17)25(27)28/h2-11,24H,1H3,(H,23,26). The van der Waals surface area contributed by atoms with E-state index >= 15 is 0 Å². The third-order valence-corrected chi connectivity index (χ3v) is 6.41. The Hall–Kier alpha value is -3.34. The van der Waals surface area contributed by atoms with Crippen molar-refractivity contribution >= 4 is 56.2 Å². The normalized spacial score (nSPS) is 11.0. The maximum atomic E-state index is 12.9. The number of nitro groups is 1. The van der Waals surface area contributed by atoms with Gasteiger partial charge in [0.2, 0.25) is 0 Å². The fourth-order valence-corrected chi connectivity index (χ4v) is 4.63. The molecule has 0 unspecified atom stereocenters. The number of nitrogens with one attached hydrogen (secondary N) is 2. The number of carbonyl (C=O) groups excluding carboxylic acids is 1. The van der Waals surface area contributed by atoms with Crippen molar-refractivity contribution in [2.45, 2.75) is 4.90 Å². The molecule has 2 N–H and O–H groups in total. The van der Waals surface area contributed by atoms with Gasteiger partial charge in [-0.1, -0.05) is 35.3 Å². The number of rotatable bonds is 7. The van der Waals surface area contributed by atoms with Gasteiger partial charge in [0.25, 0.3) is 21.6 Å². The smallest absolute Gasteiger partial charge is 0.292 e. The van der Waals surface area contributed by atoms with Crippen LogP contribution in [0.4, 0.5) is 17.1 Å². The van der Waals surface area contributed by atoms with Gasteiger partial charge in [0.05, 0.1) is 27.6 Å². The van der Waals surface area contributed by atoms with E-state index in [0.717, 1.165) is 12.1 Å². The van der Waals surface area contributed by atoms with Crippen LogP contribution >= 0.6 is 23.2 Å². The van der Waals surface area contributed by atoms with Gasteiger partial charge in [-0.2, -0.15) is 0 Å². The highest BCUT2D eigenvalue weighted by molar-refractivity contribution is 7.92. The number of benzene rings is 3. The van der Waals surface area contributed by atoms with Gasteiger partial charge in [0, 0.05) is 11.8 Å². The van der Waals surface area contributed by atoms with Gasteiger partial charge in [-0.15, -0.1) is 0 Å². The molecule has 0 spiro atoms. The number of hydrogen-bond donors (Lipinski definition) is 2. The molecule has 1 amide bonds. The van der Waals surface area contributed by atoms with E-state index in [1.807, 2.05) is 0 Å². The number of nitrogens with zero attached hydrogens (tertiary/aromatic N) is 1. The molecule has 0 fully saturated rings. The predicted molar refractivity (Wildman–Crippen MR) is 121 cm³/mol. The molecule has 0 aliphatic rings. The number of nitro benzene ring substituents is 1. The molecule has 0 radical (unpaired) electrons. The Bertz CT molecular complexity index is 1300. The molecule has 0 aromatic heterocycles. The first kappa shape index (κ1) is 23.3. The number of carbonyl (C=O) groups is 1. The number of sulfonamides is 1. The first-order chi connectivity index (χ1) is 15.1. The zero-order chi connectivity index (χ0) is 23.5. The van der Waals surface area contributed by atoms with Gasteiger partial charge >= 0.3 is 0 Å². The predicted octanol–water partition coefficient (Wildman–Crippen LogP) is 4.96. The molecule has 3 aromatic carbocycles. The van der Waals surface area contributed by atoms with Crippen LogP contribution in [0.1, 0.15) is 10.4 Å². The van der Waals surface area contributed by atoms with Crippen molar-refractivity contribution < 1.29 is 22.9 Å². The van der Waals surface area contributed by atoms with Gasteiger partial charge in [-0.05, 0) is 42.5 Å². The molecular formula is C20H15Cl2N3O6S. The van der Waals surface area contributed by atoms with E-state index in [0.29, 0.717) is 5.75 Å². The summed E-state index contributed by atoms with van der Waals surface area (Å²) in [5.41, 5.74) is -0.402. The van der Waals surface area contributed by atoms with Crippen molar-refractivity contribution in [3.8, 4) is 5.75 Å². The first-order valence-electron chi connectivity index (χ1n) is 8.83. The van der Waals surface area contributed by atoms with Crippen LogP contribution in [0.2, 0.25) is 10.0 Å². The number of para-hydroxylation sites is 2. The SMILES string of the molecule is COc1ccc(NS(=O)(=O)c2cc(C(=O)Nc3ccccc3[N+](=O)[O-])c(Cl)cc2Cl)cc1. The topological polar surface area (TPSA) is 128 Å². The van der Waals surface area contributed by atoms with E-state index in [-0.39, 0.29) is 32.7 Å². The summed E-state index contributed by atoms with van der Waals surface area (Å²) in [5, 5.41) is 13.2. The van der Waals surface area contributed by atoms with Crippen molar-refractivity contribution in [3.05, 3.63) is 86.4 Å². The highest BCUT2D eigenvalue weighted by Gasteiger charge is 2.24. The number of anilines is 2. The molecule has 0 atom stereocenters. The average Bonchev–Trinajstić information content (AvgIpc) is 2.74. The average molecular weight is 496 g/mol. The Kier molecular flexibility index (Phi) is 6.87. The molecule has 0 aliphatic heterocycles. The molecule has 0 heterocycles. The maximum Gasteiger partial charge on any atom is 0.292 e. The molecular weight excluding hydrogens is 481 g/mol. The summed E-state index contributed by atoms with van der Waals surface area (Å²) in [7, 11) is -2.72. The molecule has 9 nitrogen and oxygen atoms in total. The van der Waals surface area contributed by atoms with E-state index in [2.05, 4.69) is 10.0 Å². The quantitative estimate of drug-likeness (QED) is 0.352. The van der Waals surface area contributed by atoms with E-state index in [1.165, 1.54) is 43.5 Å². The van der Waals surface area contributed by atoms with Crippen LogP contribution in [0.5, 0.6) is 5.75 Å². The summed E-state index contributed by atoms with van der Waals surface area (Å²) >= 11 is 12.2. The highest BCUT2D eigenvalue weighted by atomic mass is 35.5. The molecule has 0 saturated heterocycles. The third-order valence-electron chi connectivity index (χ3n) is 4.25. The summed E-state index contributed by atoms with van der Waals surface area (Å²) in [6.45, 7) is 0. The van der Waals surface area contributed by atoms with E-state index in [1.54, 1.807) is 12.1 Å². The Balaban J connectivity index is 1.94. The maximum absolute atomic E-state index is 12.9. The summed E-state index contributed by atoms with van der Waals surface area (Å²) in [4.78, 5) is 22.8. The lowest BCUT2D eigenvalue weighted by Crippen LogP contribution is -2.17. The number of methoxy groups -OCH3 is 1. The molecule has 3 rings (SSSR count). The Morgan fingerprint density at radius 1 is 1.03 bits per heavy atom. The molecule has 0 saturated carbocycles. The molecule has 12 heteroatoms. The van der Waals surface area contributed by atoms with Gasteiger partial charge in [0.1, 0.15) is 16.3 Å². The van der Waals surface area contributed by atoms with Crippen molar-refractivity contribution in [1.29, 1.82) is 0 Å². The van der Waals surface area contributed by atoms with Crippen LogP contribution in [-0.4, -0.2) is 26.4 Å². The van der Waals surface area contributed by atoms with Crippen LogP contribution in [0, 0.1) is 10.1 Å². The lowest BCUT2D eigenvalue weighted by molar-refractivity contribution is -0.383. The van der Waals surface area contributed by atoms with E-state index in [4.69, 9.17) is 27.9 Å². The van der Waals surface area contributed by atoms with Crippen LogP contribution in [0.25, 0.3) is 0 Å². The lowest BCUT2D eigenvalue weighted by Gasteiger charge is -2.13. The number of halogens is 2.